The lowest BCUT2D eigenvalue weighted by Crippen LogP contribution is -2.16. The Morgan fingerprint density at radius 1 is 1.37 bits per heavy atom. The van der Waals surface area contributed by atoms with Crippen molar-refractivity contribution in [2.75, 3.05) is 5.32 Å². The first-order chi connectivity index (χ1) is 9.01. The first kappa shape index (κ1) is 14.4. The molecule has 1 heterocycles. The molecule has 0 saturated heterocycles. The van der Waals surface area contributed by atoms with Crippen LogP contribution >= 0.6 is 39.1 Å². The largest absolute Gasteiger partial charge is 0.343 e. The molecule has 1 amide bonds. The first-order valence-electron chi connectivity index (χ1n) is 5.63. The highest BCUT2D eigenvalue weighted by Gasteiger charge is 2.13. The molecular weight excluding hydrogens is 351 g/mol. The highest BCUT2D eigenvalue weighted by atomic mass is 79.9. The number of nitrogens with one attached hydrogen (secondary N) is 1. The lowest BCUT2D eigenvalue weighted by Gasteiger charge is -2.09. The third-order valence-corrected chi connectivity index (χ3v) is 3.60. The molecule has 6 heteroatoms. The predicted octanol–water partition coefficient (Wildman–Crippen LogP) is 4.83. The monoisotopic (exact) mass is 360 g/mol. The fourth-order valence-corrected chi connectivity index (χ4v) is 2.62. The number of halogens is 3. The molecule has 0 aliphatic heterocycles. The Morgan fingerprint density at radius 2 is 2.11 bits per heavy atom. The van der Waals surface area contributed by atoms with E-state index in [1.165, 1.54) is 0 Å². The van der Waals surface area contributed by atoms with Gasteiger partial charge in [-0.25, -0.2) is 0 Å². The minimum atomic E-state index is -0.211. The molecule has 1 N–H and O–H groups in total. The number of anilines is 1. The van der Waals surface area contributed by atoms with E-state index in [0.29, 0.717) is 28.0 Å². The minimum Gasteiger partial charge on any atom is -0.343 e. The van der Waals surface area contributed by atoms with Gasteiger partial charge < -0.3 is 9.88 Å². The number of amides is 1. The summed E-state index contributed by atoms with van der Waals surface area (Å²) in [6.45, 7) is 2.68. The molecule has 1 aromatic heterocycles. The average Bonchev–Trinajstić information content (AvgIpc) is 2.74. The van der Waals surface area contributed by atoms with Gasteiger partial charge in [-0.1, -0.05) is 23.2 Å². The zero-order valence-corrected chi connectivity index (χ0v) is 13.2. The third kappa shape index (κ3) is 3.32. The molecule has 0 aliphatic rings. The molecule has 0 atom stereocenters. The van der Waals surface area contributed by atoms with E-state index in [1.807, 2.05) is 17.7 Å². The number of rotatable bonds is 3. The van der Waals surface area contributed by atoms with Gasteiger partial charge in [0.1, 0.15) is 5.69 Å². The summed E-state index contributed by atoms with van der Waals surface area (Å²) in [5.74, 6) is -0.211. The number of hydrogen-bond donors (Lipinski definition) is 1. The molecule has 1 aromatic carbocycles. The summed E-state index contributed by atoms with van der Waals surface area (Å²) in [5, 5.41) is 3.71. The van der Waals surface area contributed by atoms with Gasteiger partial charge in [0.2, 0.25) is 0 Å². The number of carbonyl (C=O) groups excluding carboxylic acids is 1. The second kappa shape index (κ2) is 5.99. The van der Waals surface area contributed by atoms with E-state index in [1.54, 1.807) is 24.3 Å². The van der Waals surface area contributed by atoms with Crippen LogP contribution in [-0.4, -0.2) is 10.5 Å². The molecule has 0 unspecified atom stereocenters. The first-order valence-corrected chi connectivity index (χ1v) is 7.18. The average molecular weight is 362 g/mol. The van der Waals surface area contributed by atoms with Gasteiger partial charge in [-0.15, -0.1) is 0 Å². The normalized spacial score (nSPS) is 10.5. The van der Waals surface area contributed by atoms with E-state index in [0.717, 1.165) is 4.47 Å². The highest BCUT2D eigenvalue weighted by molar-refractivity contribution is 9.10. The van der Waals surface area contributed by atoms with Crippen molar-refractivity contribution in [3.8, 4) is 0 Å². The van der Waals surface area contributed by atoms with Crippen LogP contribution in [0.3, 0.4) is 0 Å². The lowest BCUT2D eigenvalue weighted by molar-refractivity contribution is 0.101. The van der Waals surface area contributed by atoms with Crippen molar-refractivity contribution >= 4 is 50.7 Å². The molecule has 0 fully saturated rings. The van der Waals surface area contributed by atoms with E-state index in [9.17, 15) is 4.79 Å². The van der Waals surface area contributed by atoms with E-state index < -0.39 is 0 Å². The van der Waals surface area contributed by atoms with E-state index in [-0.39, 0.29) is 5.91 Å². The van der Waals surface area contributed by atoms with Crippen molar-refractivity contribution in [2.24, 2.45) is 0 Å². The van der Waals surface area contributed by atoms with Gasteiger partial charge >= 0.3 is 0 Å². The van der Waals surface area contributed by atoms with Gasteiger partial charge in [0.15, 0.2) is 0 Å². The number of benzene rings is 1. The lowest BCUT2D eigenvalue weighted by atomic mass is 10.3. The zero-order valence-electron chi connectivity index (χ0n) is 10.1. The number of hydrogen-bond acceptors (Lipinski definition) is 1. The molecule has 0 saturated carbocycles. The topological polar surface area (TPSA) is 34.0 Å². The summed E-state index contributed by atoms with van der Waals surface area (Å²) in [6.07, 6.45) is 1.86. The fraction of sp³-hybridized carbons (Fsp3) is 0.154. The molecule has 2 rings (SSSR count). The summed E-state index contributed by atoms with van der Waals surface area (Å²) in [4.78, 5) is 12.2. The standard InChI is InChI=1S/C13H11BrCl2N2O/c1-2-18-7-8(14)5-12(18)13(19)17-11-4-3-9(15)6-10(11)16/h3-7H,2H2,1H3,(H,17,19). The minimum absolute atomic E-state index is 0.211. The van der Waals surface area contributed by atoms with Crippen LogP contribution in [0, 0.1) is 0 Å². The number of nitrogens with zero attached hydrogens (tertiary/aromatic N) is 1. The molecule has 2 aromatic rings. The summed E-state index contributed by atoms with van der Waals surface area (Å²) in [6, 6.07) is 6.71. The van der Waals surface area contributed by atoms with Gasteiger partial charge in [-0.2, -0.15) is 0 Å². The Balaban J connectivity index is 2.25. The third-order valence-electron chi connectivity index (χ3n) is 2.62. The quantitative estimate of drug-likeness (QED) is 0.834. The second-order valence-corrected chi connectivity index (χ2v) is 5.67. The van der Waals surface area contributed by atoms with Gasteiger partial charge in [-0.3, -0.25) is 4.79 Å². The maximum Gasteiger partial charge on any atom is 0.272 e. The zero-order chi connectivity index (χ0) is 14.0. The number of aromatic nitrogens is 1. The Bertz CT molecular complexity index is 625. The van der Waals surface area contributed by atoms with Crippen LogP contribution in [0.2, 0.25) is 10.0 Å². The van der Waals surface area contributed by atoms with E-state index in [4.69, 9.17) is 23.2 Å². The van der Waals surface area contributed by atoms with Gasteiger partial charge in [0, 0.05) is 22.2 Å². The maximum absolute atomic E-state index is 12.2. The SMILES string of the molecule is CCn1cc(Br)cc1C(=O)Nc1ccc(Cl)cc1Cl. The van der Waals surface area contributed by atoms with Crippen LogP contribution in [-0.2, 0) is 6.54 Å². The van der Waals surface area contributed by atoms with Crippen molar-refractivity contribution in [3.63, 3.8) is 0 Å². The van der Waals surface area contributed by atoms with Crippen molar-refractivity contribution in [1.29, 1.82) is 0 Å². The fourth-order valence-electron chi connectivity index (χ4n) is 1.70. The smallest absolute Gasteiger partial charge is 0.272 e. The molecule has 100 valence electrons. The summed E-state index contributed by atoms with van der Waals surface area (Å²) < 4.78 is 2.71. The van der Waals surface area contributed by atoms with Crippen LogP contribution in [0.1, 0.15) is 17.4 Å². The van der Waals surface area contributed by atoms with Crippen molar-refractivity contribution in [3.05, 3.63) is 50.7 Å². The highest BCUT2D eigenvalue weighted by Crippen LogP contribution is 2.26. The maximum atomic E-state index is 12.2. The summed E-state index contributed by atoms with van der Waals surface area (Å²) in [7, 11) is 0. The Hall–Kier alpha value is -0.970. The molecule has 0 spiro atoms. The van der Waals surface area contributed by atoms with Crippen LogP contribution < -0.4 is 5.32 Å². The van der Waals surface area contributed by atoms with Gasteiger partial charge in [0.25, 0.3) is 5.91 Å². The second-order valence-electron chi connectivity index (χ2n) is 3.91. The molecule has 0 radical (unpaired) electrons. The molecule has 19 heavy (non-hydrogen) atoms. The summed E-state index contributed by atoms with van der Waals surface area (Å²) >= 11 is 15.2. The Labute approximate surface area is 129 Å². The Morgan fingerprint density at radius 3 is 2.74 bits per heavy atom. The molecule has 0 bridgehead atoms. The van der Waals surface area contributed by atoms with E-state index in [2.05, 4.69) is 21.2 Å². The molecule has 3 nitrogen and oxygen atoms in total. The predicted molar refractivity (Wildman–Crippen MR) is 82.2 cm³/mol. The van der Waals surface area contributed by atoms with Crippen LogP contribution in [0.5, 0.6) is 0 Å². The number of carbonyl (C=O) groups is 1. The van der Waals surface area contributed by atoms with Crippen molar-refractivity contribution in [1.82, 2.24) is 4.57 Å². The van der Waals surface area contributed by atoms with E-state index >= 15 is 0 Å². The van der Waals surface area contributed by atoms with Crippen LogP contribution in [0.15, 0.2) is 34.9 Å². The van der Waals surface area contributed by atoms with Crippen molar-refractivity contribution in [2.45, 2.75) is 13.5 Å². The van der Waals surface area contributed by atoms with Gasteiger partial charge in [0.05, 0.1) is 10.7 Å². The molecule has 0 aliphatic carbocycles. The molecular formula is C13H11BrCl2N2O. The van der Waals surface area contributed by atoms with Crippen LogP contribution in [0.4, 0.5) is 5.69 Å². The van der Waals surface area contributed by atoms with Crippen LogP contribution in [0.25, 0.3) is 0 Å². The van der Waals surface area contributed by atoms with Crippen molar-refractivity contribution < 1.29 is 4.79 Å². The Kier molecular flexibility index (Phi) is 4.55. The van der Waals surface area contributed by atoms with Gasteiger partial charge in [-0.05, 0) is 47.1 Å². The number of aryl methyl sites for hydroxylation is 1. The summed E-state index contributed by atoms with van der Waals surface area (Å²) in [5.41, 5.74) is 1.11.